The van der Waals surface area contributed by atoms with E-state index in [1.54, 1.807) is 32.9 Å². The molecule has 1 N–H and O–H groups in total. The average molecular weight is 516 g/mol. The van der Waals surface area contributed by atoms with E-state index in [0.29, 0.717) is 0 Å². The molecule has 0 unspecified atom stereocenters. The quantitative estimate of drug-likeness (QED) is 0.161. The van der Waals surface area contributed by atoms with E-state index in [-0.39, 0.29) is 17.7 Å². The summed E-state index contributed by atoms with van der Waals surface area (Å²) >= 11 is 0. The third-order valence-corrected chi connectivity index (χ3v) is 5.50. The maximum Gasteiger partial charge on any atom is 0.416 e. The number of hydrogen-bond donors (Lipinski definition) is 1. The maximum absolute atomic E-state index is 13.3. The first kappa shape index (κ1) is 30.0. The van der Waals surface area contributed by atoms with Gasteiger partial charge in [-0.15, -0.1) is 0 Å². The minimum atomic E-state index is -4.54. The Labute approximate surface area is 218 Å². The van der Waals surface area contributed by atoms with Gasteiger partial charge in [0.15, 0.2) is 0 Å². The molecule has 0 aromatic heterocycles. The van der Waals surface area contributed by atoms with Crippen LogP contribution in [0.2, 0.25) is 0 Å². The molecule has 0 atom stereocenters. The molecule has 2 rings (SSSR count). The molecule has 1 amide bonds. The second-order valence-corrected chi connectivity index (χ2v) is 10.0. The number of esters is 1. The van der Waals surface area contributed by atoms with Gasteiger partial charge in [0.25, 0.3) is 0 Å². The number of benzene rings is 2. The Hall–Kier alpha value is -3.27. The van der Waals surface area contributed by atoms with Crippen LogP contribution < -0.4 is 5.32 Å². The number of anilines is 1. The van der Waals surface area contributed by atoms with Gasteiger partial charge in [-0.1, -0.05) is 63.0 Å². The molecule has 2 aromatic carbocycles. The lowest BCUT2D eigenvalue weighted by atomic mass is 9.99. The van der Waals surface area contributed by atoms with Crippen molar-refractivity contribution in [3.63, 3.8) is 0 Å². The molecule has 0 radical (unpaired) electrons. The highest BCUT2D eigenvalue weighted by Crippen LogP contribution is 2.33. The normalized spacial score (nSPS) is 11.4. The number of halogens is 3. The smallest absolute Gasteiger partial charge is 0.416 e. The molecule has 37 heavy (non-hydrogen) atoms. The fourth-order valence-electron chi connectivity index (χ4n) is 3.62. The van der Waals surface area contributed by atoms with Gasteiger partial charge in [0.05, 0.1) is 5.56 Å². The summed E-state index contributed by atoms with van der Waals surface area (Å²) in [5, 5.41) is 2.40. The minimum absolute atomic E-state index is 0.117. The zero-order valence-electron chi connectivity index (χ0n) is 22.1. The third-order valence-electron chi connectivity index (χ3n) is 5.50. The summed E-state index contributed by atoms with van der Waals surface area (Å²) in [5.41, 5.74) is 0.206. The molecule has 200 valence electrons. The molecule has 0 heterocycles. The molecular weight excluding hydrogens is 479 g/mol. The van der Waals surface area contributed by atoms with Gasteiger partial charge >= 0.3 is 18.1 Å². The lowest BCUT2D eigenvalue weighted by Crippen LogP contribution is -2.32. The predicted molar refractivity (Wildman–Crippen MR) is 140 cm³/mol. The largest absolute Gasteiger partial charge is 0.453 e. The van der Waals surface area contributed by atoms with Gasteiger partial charge in [-0.3, -0.25) is 4.79 Å². The first-order chi connectivity index (χ1) is 17.4. The maximum atomic E-state index is 13.3. The van der Waals surface area contributed by atoms with Crippen molar-refractivity contribution < 1.29 is 27.5 Å². The van der Waals surface area contributed by atoms with Crippen LogP contribution in [0.25, 0.3) is 0 Å². The van der Waals surface area contributed by atoms with Gasteiger partial charge in [0, 0.05) is 17.7 Å². The number of hydrogen-bond acceptors (Lipinski definition) is 3. The van der Waals surface area contributed by atoms with Crippen LogP contribution >= 0.6 is 0 Å². The molecule has 2 aromatic rings. The molecule has 0 saturated heterocycles. The Morgan fingerprint density at radius 1 is 0.919 bits per heavy atom. The molecule has 0 bridgehead atoms. The van der Waals surface area contributed by atoms with Crippen LogP contribution in [0.4, 0.5) is 18.9 Å². The topological polar surface area (TPSA) is 55.4 Å². The second kappa shape index (κ2) is 13.9. The second-order valence-electron chi connectivity index (χ2n) is 10.0. The highest BCUT2D eigenvalue weighted by atomic mass is 19.4. The molecule has 0 fully saturated rings. The predicted octanol–water partition coefficient (Wildman–Crippen LogP) is 7.68. The third kappa shape index (κ3) is 11.1. The zero-order chi connectivity index (χ0) is 27.5. The molecular formula is C30H36F3NO3. The van der Waals surface area contributed by atoms with Crippen molar-refractivity contribution in [2.45, 2.75) is 90.8 Å². The Balaban J connectivity index is 2.10. The lowest BCUT2D eigenvalue weighted by molar-refractivity contribution is -0.161. The van der Waals surface area contributed by atoms with Gasteiger partial charge in [-0.05, 0) is 75.1 Å². The molecule has 0 saturated carbocycles. The van der Waals surface area contributed by atoms with Gasteiger partial charge in [-0.2, -0.15) is 13.2 Å². The highest BCUT2D eigenvalue weighted by molar-refractivity contribution is 6.37. The van der Waals surface area contributed by atoms with Gasteiger partial charge < -0.3 is 10.1 Å². The monoisotopic (exact) mass is 515 g/mol. The molecule has 7 heteroatoms. The van der Waals surface area contributed by atoms with Crippen molar-refractivity contribution in [1.29, 1.82) is 0 Å². The summed E-state index contributed by atoms with van der Waals surface area (Å²) in [6, 6.07) is 10.3. The van der Waals surface area contributed by atoms with E-state index in [2.05, 4.69) is 24.1 Å². The average Bonchev–Trinajstić information content (AvgIpc) is 2.81. The van der Waals surface area contributed by atoms with Crippen molar-refractivity contribution in [3.8, 4) is 11.8 Å². The van der Waals surface area contributed by atoms with Crippen molar-refractivity contribution in [3.05, 3.63) is 64.7 Å². The van der Waals surface area contributed by atoms with Gasteiger partial charge in [0.2, 0.25) is 0 Å². The fourth-order valence-corrected chi connectivity index (χ4v) is 3.62. The summed E-state index contributed by atoms with van der Waals surface area (Å²) in [6.45, 7) is 7.04. The van der Waals surface area contributed by atoms with Crippen LogP contribution in [0.3, 0.4) is 0 Å². The van der Waals surface area contributed by atoms with E-state index in [1.165, 1.54) is 32.1 Å². The van der Waals surface area contributed by atoms with Gasteiger partial charge in [-0.25, -0.2) is 4.79 Å². The van der Waals surface area contributed by atoms with E-state index in [1.807, 2.05) is 12.1 Å². The van der Waals surface area contributed by atoms with Crippen molar-refractivity contribution in [2.24, 2.45) is 0 Å². The summed E-state index contributed by atoms with van der Waals surface area (Å²) in [7, 11) is 0. The molecule has 0 aliphatic rings. The van der Waals surface area contributed by atoms with Gasteiger partial charge in [0.1, 0.15) is 5.60 Å². The summed E-state index contributed by atoms with van der Waals surface area (Å²) in [5.74, 6) is 4.15. The number of rotatable bonds is 9. The summed E-state index contributed by atoms with van der Waals surface area (Å²) < 4.78 is 45.1. The van der Waals surface area contributed by atoms with Crippen molar-refractivity contribution in [1.82, 2.24) is 0 Å². The zero-order valence-corrected chi connectivity index (χ0v) is 22.1. The highest BCUT2D eigenvalue weighted by Gasteiger charge is 2.31. The first-order valence-corrected chi connectivity index (χ1v) is 12.7. The number of carbonyl (C=O) groups is 2. The molecule has 4 nitrogen and oxygen atoms in total. The Kier molecular flexibility index (Phi) is 11.2. The van der Waals surface area contributed by atoms with Crippen LogP contribution in [0, 0.1) is 11.8 Å². The fraction of sp³-hybridized carbons (Fsp3) is 0.467. The van der Waals surface area contributed by atoms with E-state index in [0.717, 1.165) is 42.2 Å². The van der Waals surface area contributed by atoms with Crippen LogP contribution in [0.5, 0.6) is 0 Å². The number of alkyl halides is 3. The van der Waals surface area contributed by atoms with E-state index >= 15 is 0 Å². The number of nitrogens with one attached hydrogen (secondary N) is 1. The number of unbranched alkanes of at least 4 members (excludes halogenated alkanes) is 6. The molecule has 0 aliphatic carbocycles. The first-order valence-electron chi connectivity index (χ1n) is 12.7. The Morgan fingerprint density at radius 3 is 2.19 bits per heavy atom. The minimum Gasteiger partial charge on any atom is -0.453 e. The standard InChI is InChI=1S/C30H36F3NO3/c1-5-6-7-8-9-10-11-12-13-22-14-16-23(17-15-22)20-24-21-25(30(31,32)33)18-19-26(24)34-27(35)28(36)37-29(2,3)4/h14-19,21H,5-11,20H2,1-4H3,(H,34,35). The van der Waals surface area contributed by atoms with E-state index in [4.69, 9.17) is 4.74 Å². The van der Waals surface area contributed by atoms with E-state index < -0.39 is 29.2 Å². The van der Waals surface area contributed by atoms with Crippen molar-refractivity contribution in [2.75, 3.05) is 5.32 Å². The summed E-state index contributed by atoms with van der Waals surface area (Å²) in [4.78, 5) is 24.4. The Morgan fingerprint density at radius 2 is 1.57 bits per heavy atom. The molecule has 0 spiro atoms. The van der Waals surface area contributed by atoms with Crippen LogP contribution in [0.1, 0.15) is 94.9 Å². The number of ether oxygens (including phenoxy) is 1. The summed E-state index contributed by atoms with van der Waals surface area (Å²) in [6.07, 6.45) is 3.67. The van der Waals surface area contributed by atoms with E-state index in [9.17, 15) is 22.8 Å². The molecule has 0 aliphatic heterocycles. The Bertz CT molecular complexity index is 1100. The number of amides is 1. The van der Waals surface area contributed by atoms with Crippen molar-refractivity contribution >= 4 is 17.6 Å². The number of carbonyl (C=O) groups excluding carboxylic acids is 2. The SMILES string of the molecule is CCCCCCCCC#Cc1ccc(Cc2cc(C(F)(F)F)ccc2NC(=O)C(=O)OC(C)(C)C)cc1. The lowest BCUT2D eigenvalue weighted by Gasteiger charge is -2.19. The van der Waals surface area contributed by atoms with Crippen LogP contribution in [-0.2, 0) is 26.9 Å². The van der Waals surface area contributed by atoms with Crippen LogP contribution in [-0.4, -0.2) is 17.5 Å². The van der Waals surface area contributed by atoms with Crippen LogP contribution in [0.15, 0.2) is 42.5 Å².